The van der Waals surface area contributed by atoms with Gasteiger partial charge in [-0.3, -0.25) is 4.79 Å². The summed E-state index contributed by atoms with van der Waals surface area (Å²) in [7, 11) is 0. The Morgan fingerprint density at radius 3 is 2.88 bits per heavy atom. The summed E-state index contributed by atoms with van der Waals surface area (Å²) >= 11 is 6.08. The number of carbonyl (C=O) groups excluding carboxylic acids is 1. The molecule has 120 valence electrons. The molecule has 0 saturated heterocycles. The van der Waals surface area contributed by atoms with Crippen molar-refractivity contribution in [2.75, 3.05) is 6.61 Å². The van der Waals surface area contributed by atoms with Gasteiger partial charge in [0.15, 0.2) is 0 Å². The van der Waals surface area contributed by atoms with Gasteiger partial charge in [0.25, 0.3) is 5.91 Å². The Bertz CT molecular complexity index is 926. The molecular formula is C19H15ClN2O2. The van der Waals surface area contributed by atoms with Crippen LogP contribution in [0.4, 0.5) is 0 Å². The zero-order valence-corrected chi connectivity index (χ0v) is 13.6. The molecule has 1 aliphatic rings. The molecule has 0 fully saturated rings. The number of fused-ring (bicyclic) bond motifs is 2. The number of pyridine rings is 1. The van der Waals surface area contributed by atoms with E-state index in [1.165, 1.54) is 0 Å². The first-order valence-electron chi connectivity index (χ1n) is 7.80. The maximum absolute atomic E-state index is 12.9. The van der Waals surface area contributed by atoms with Crippen molar-refractivity contribution in [3.05, 3.63) is 70.9 Å². The van der Waals surface area contributed by atoms with Gasteiger partial charge in [0.2, 0.25) is 0 Å². The lowest BCUT2D eigenvalue weighted by atomic mass is 9.99. The number of amides is 1. The third kappa shape index (κ3) is 2.69. The second kappa shape index (κ2) is 6.13. The van der Waals surface area contributed by atoms with Crippen LogP contribution in [0, 0.1) is 0 Å². The van der Waals surface area contributed by atoms with Gasteiger partial charge >= 0.3 is 0 Å². The predicted octanol–water partition coefficient (Wildman–Crippen LogP) is 4.14. The summed E-state index contributed by atoms with van der Waals surface area (Å²) in [5.41, 5.74) is 2.25. The van der Waals surface area contributed by atoms with Crippen molar-refractivity contribution >= 4 is 28.4 Å². The van der Waals surface area contributed by atoms with Crippen LogP contribution in [-0.2, 0) is 0 Å². The van der Waals surface area contributed by atoms with E-state index in [2.05, 4.69) is 10.3 Å². The topological polar surface area (TPSA) is 51.2 Å². The van der Waals surface area contributed by atoms with Crippen molar-refractivity contribution in [1.82, 2.24) is 10.3 Å². The molecule has 3 aromatic rings. The smallest absolute Gasteiger partial charge is 0.252 e. The van der Waals surface area contributed by atoms with Gasteiger partial charge in [-0.15, -0.1) is 0 Å². The summed E-state index contributed by atoms with van der Waals surface area (Å²) in [4.78, 5) is 17.1. The molecule has 1 atom stereocenters. The Hall–Kier alpha value is -2.59. The van der Waals surface area contributed by atoms with E-state index < -0.39 is 0 Å². The molecule has 1 amide bonds. The molecular weight excluding hydrogens is 324 g/mol. The summed E-state index contributed by atoms with van der Waals surface area (Å²) in [5.74, 6) is 0.670. The summed E-state index contributed by atoms with van der Waals surface area (Å²) < 4.78 is 5.65. The monoisotopic (exact) mass is 338 g/mol. The molecule has 0 saturated carbocycles. The lowest BCUT2D eigenvalue weighted by Crippen LogP contribution is -2.32. The standard InChI is InChI=1S/C19H15ClN2O2/c20-18-11-14(12-5-1-3-7-15(12)21-18)19(23)22-16-9-10-24-17-8-4-2-6-13(16)17/h1-8,11,16H,9-10H2,(H,22,23)/t16-/m1/s1. The van der Waals surface area contributed by atoms with Crippen molar-refractivity contribution in [2.45, 2.75) is 12.5 Å². The molecule has 1 aliphatic heterocycles. The highest BCUT2D eigenvalue weighted by Crippen LogP contribution is 2.32. The minimum absolute atomic E-state index is 0.0758. The van der Waals surface area contributed by atoms with E-state index in [0.717, 1.165) is 23.1 Å². The fourth-order valence-corrected chi connectivity index (χ4v) is 3.26. The number of halogens is 1. The average molecular weight is 339 g/mol. The number of benzene rings is 2. The maximum atomic E-state index is 12.9. The number of para-hydroxylation sites is 2. The van der Waals surface area contributed by atoms with Crippen LogP contribution in [0.1, 0.15) is 28.4 Å². The van der Waals surface area contributed by atoms with E-state index >= 15 is 0 Å². The highest BCUT2D eigenvalue weighted by atomic mass is 35.5. The Morgan fingerprint density at radius 2 is 1.96 bits per heavy atom. The number of nitrogens with one attached hydrogen (secondary N) is 1. The summed E-state index contributed by atoms with van der Waals surface area (Å²) in [5, 5.41) is 4.21. The minimum atomic E-state index is -0.155. The molecule has 0 bridgehead atoms. The van der Waals surface area contributed by atoms with E-state index in [0.29, 0.717) is 22.8 Å². The largest absolute Gasteiger partial charge is 0.493 e. The van der Waals surface area contributed by atoms with Crippen LogP contribution < -0.4 is 10.1 Å². The second-order valence-corrected chi connectivity index (χ2v) is 6.10. The van der Waals surface area contributed by atoms with Crippen molar-refractivity contribution in [2.24, 2.45) is 0 Å². The summed E-state index contributed by atoms with van der Waals surface area (Å²) in [6.45, 7) is 0.583. The van der Waals surface area contributed by atoms with Crippen LogP contribution in [0.25, 0.3) is 10.9 Å². The fraction of sp³-hybridized carbons (Fsp3) is 0.158. The van der Waals surface area contributed by atoms with E-state index in [4.69, 9.17) is 16.3 Å². The Kier molecular flexibility index (Phi) is 3.82. The fourth-order valence-electron chi connectivity index (χ4n) is 3.06. The summed E-state index contributed by atoms with van der Waals surface area (Å²) in [6, 6.07) is 16.8. The quantitative estimate of drug-likeness (QED) is 0.714. The zero-order chi connectivity index (χ0) is 16.5. The Balaban J connectivity index is 1.69. The van der Waals surface area contributed by atoms with Gasteiger partial charge in [0, 0.05) is 17.4 Å². The first kappa shape index (κ1) is 15.0. The van der Waals surface area contributed by atoms with Gasteiger partial charge in [-0.1, -0.05) is 48.0 Å². The predicted molar refractivity (Wildman–Crippen MR) is 93.5 cm³/mol. The molecule has 0 radical (unpaired) electrons. The van der Waals surface area contributed by atoms with Crippen LogP contribution in [0.15, 0.2) is 54.6 Å². The lowest BCUT2D eigenvalue weighted by Gasteiger charge is -2.26. The molecule has 1 aromatic heterocycles. The normalized spacial score (nSPS) is 16.3. The maximum Gasteiger partial charge on any atom is 0.252 e. The molecule has 4 nitrogen and oxygen atoms in total. The van der Waals surface area contributed by atoms with Gasteiger partial charge in [-0.25, -0.2) is 4.98 Å². The molecule has 0 unspecified atom stereocenters. The van der Waals surface area contributed by atoms with Crippen molar-refractivity contribution in [3.8, 4) is 5.75 Å². The molecule has 0 aliphatic carbocycles. The van der Waals surface area contributed by atoms with Gasteiger partial charge < -0.3 is 10.1 Å². The minimum Gasteiger partial charge on any atom is -0.493 e. The highest BCUT2D eigenvalue weighted by molar-refractivity contribution is 6.30. The molecule has 0 spiro atoms. The molecule has 2 aromatic carbocycles. The first-order valence-corrected chi connectivity index (χ1v) is 8.18. The second-order valence-electron chi connectivity index (χ2n) is 5.71. The SMILES string of the molecule is O=C(N[C@@H]1CCOc2ccccc21)c1cc(Cl)nc2ccccc12. The molecule has 1 N–H and O–H groups in total. The van der Waals surface area contributed by atoms with Gasteiger partial charge in [0.05, 0.1) is 23.7 Å². The van der Waals surface area contributed by atoms with Crippen molar-refractivity contribution < 1.29 is 9.53 Å². The number of aromatic nitrogens is 1. The number of ether oxygens (including phenoxy) is 1. The summed E-state index contributed by atoms with van der Waals surface area (Å²) in [6.07, 6.45) is 0.736. The van der Waals surface area contributed by atoms with Crippen LogP contribution in [0.3, 0.4) is 0 Å². The van der Waals surface area contributed by atoms with Crippen LogP contribution in [0.2, 0.25) is 5.15 Å². The first-order chi connectivity index (χ1) is 11.7. The Labute approximate surface area is 144 Å². The number of hydrogen-bond donors (Lipinski definition) is 1. The van der Waals surface area contributed by atoms with Crippen LogP contribution in [-0.4, -0.2) is 17.5 Å². The third-order valence-corrected chi connectivity index (χ3v) is 4.39. The van der Waals surface area contributed by atoms with Crippen LogP contribution in [0.5, 0.6) is 5.75 Å². The van der Waals surface area contributed by atoms with Gasteiger partial charge in [-0.2, -0.15) is 0 Å². The number of hydrogen-bond acceptors (Lipinski definition) is 3. The van der Waals surface area contributed by atoms with Crippen molar-refractivity contribution in [1.29, 1.82) is 0 Å². The van der Waals surface area contributed by atoms with E-state index in [1.807, 2.05) is 48.5 Å². The molecule has 4 rings (SSSR count). The Morgan fingerprint density at radius 1 is 1.17 bits per heavy atom. The van der Waals surface area contributed by atoms with E-state index in [1.54, 1.807) is 6.07 Å². The van der Waals surface area contributed by atoms with E-state index in [-0.39, 0.29) is 11.9 Å². The van der Waals surface area contributed by atoms with Gasteiger partial charge in [-0.05, 0) is 18.2 Å². The number of carbonyl (C=O) groups is 1. The molecule has 2 heterocycles. The zero-order valence-electron chi connectivity index (χ0n) is 12.8. The average Bonchev–Trinajstić information content (AvgIpc) is 2.61. The van der Waals surface area contributed by atoms with E-state index in [9.17, 15) is 4.79 Å². The third-order valence-electron chi connectivity index (χ3n) is 4.19. The lowest BCUT2D eigenvalue weighted by molar-refractivity contribution is 0.0926. The van der Waals surface area contributed by atoms with Crippen molar-refractivity contribution in [3.63, 3.8) is 0 Å². The molecule has 5 heteroatoms. The number of rotatable bonds is 2. The van der Waals surface area contributed by atoms with Gasteiger partial charge in [0.1, 0.15) is 10.9 Å². The highest BCUT2D eigenvalue weighted by Gasteiger charge is 2.24. The van der Waals surface area contributed by atoms with Crippen LogP contribution >= 0.6 is 11.6 Å². The molecule has 24 heavy (non-hydrogen) atoms. The number of nitrogens with zero attached hydrogens (tertiary/aromatic N) is 1.